The predicted molar refractivity (Wildman–Crippen MR) is 190 cm³/mol. The molecule has 4 aliphatic rings. The standard InChI is InChI=1S/C38H44ClN3O6S/c1-24-7-5-18-38(44,34-9-4-10-35(40-34)47-3)31-14-11-28(31)21-42-22-37(17-6-8-26-19-29(39)13-15-30(26)37)23-48-33-16-12-27(20-32(33)42)36(43)41-49(45,46)25(24)2/h4-5,9-10,12-13,15-16,18-20,24-25,28,31,44H,6-8,11,14,17,21-23H2,1-3H3,(H,41,43)/b18-5+/t24-,25+,28-,31+,37-,38-/m0/s1. The first kappa shape index (κ1) is 33.9. The third-order valence-electron chi connectivity index (χ3n) is 11.5. The summed E-state index contributed by atoms with van der Waals surface area (Å²) in [7, 11) is -2.46. The van der Waals surface area contributed by atoms with Crippen molar-refractivity contribution in [1.29, 1.82) is 0 Å². The van der Waals surface area contributed by atoms with Crippen LogP contribution in [0, 0.1) is 17.8 Å². The largest absolute Gasteiger partial charge is 0.490 e. The van der Waals surface area contributed by atoms with E-state index in [4.69, 9.17) is 21.1 Å². The van der Waals surface area contributed by atoms with Gasteiger partial charge in [0.2, 0.25) is 15.9 Å². The topological polar surface area (TPSA) is 118 Å². The minimum atomic E-state index is -4.02. The number of aryl methyl sites for hydroxylation is 1. The molecule has 0 saturated heterocycles. The summed E-state index contributed by atoms with van der Waals surface area (Å²) >= 11 is 6.45. The molecule has 1 aromatic heterocycles. The van der Waals surface area contributed by atoms with Crippen LogP contribution in [0.2, 0.25) is 5.02 Å². The second kappa shape index (κ2) is 12.9. The Morgan fingerprint density at radius 2 is 1.96 bits per heavy atom. The predicted octanol–water partition coefficient (Wildman–Crippen LogP) is 6.17. The molecule has 1 spiro atoms. The Morgan fingerprint density at radius 3 is 2.73 bits per heavy atom. The number of benzene rings is 2. The summed E-state index contributed by atoms with van der Waals surface area (Å²) in [5, 5.41) is 12.5. The monoisotopic (exact) mass is 705 g/mol. The normalized spacial score (nSPS) is 31.6. The third-order valence-corrected chi connectivity index (χ3v) is 13.6. The molecule has 0 radical (unpaired) electrons. The van der Waals surface area contributed by atoms with E-state index in [1.54, 1.807) is 44.4 Å². The highest BCUT2D eigenvalue weighted by Crippen LogP contribution is 2.50. The first-order valence-electron chi connectivity index (χ1n) is 17.2. The number of anilines is 1. The van der Waals surface area contributed by atoms with E-state index in [2.05, 4.69) is 26.7 Å². The molecule has 11 heteroatoms. The smallest absolute Gasteiger partial charge is 0.264 e. The molecule has 260 valence electrons. The van der Waals surface area contributed by atoms with Crippen molar-refractivity contribution in [1.82, 2.24) is 9.71 Å². The lowest BCUT2D eigenvalue weighted by molar-refractivity contribution is -0.0532. The summed E-state index contributed by atoms with van der Waals surface area (Å²) < 4.78 is 41.3. The number of rotatable bonds is 2. The maximum Gasteiger partial charge on any atom is 0.264 e. The molecule has 9 nitrogen and oxygen atoms in total. The molecule has 1 fully saturated rings. The lowest BCUT2D eigenvalue weighted by Gasteiger charge is -2.49. The van der Waals surface area contributed by atoms with Gasteiger partial charge < -0.3 is 19.5 Å². The molecule has 2 aliphatic heterocycles. The van der Waals surface area contributed by atoms with Gasteiger partial charge in [-0.25, -0.2) is 18.1 Å². The van der Waals surface area contributed by atoms with Gasteiger partial charge in [0.15, 0.2) is 0 Å². The van der Waals surface area contributed by atoms with E-state index in [1.807, 2.05) is 31.2 Å². The van der Waals surface area contributed by atoms with E-state index in [9.17, 15) is 18.3 Å². The molecule has 2 aromatic carbocycles. The fourth-order valence-electron chi connectivity index (χ4n) is 8.30. The number of amides is 1. The number of ether oxygens (including phenoxy) is 2. The molecular weight excluding hydrogens is 662 g/mol. The molecule has 7 rings (SSSR count). The number of hydrogen-bond donors (Lipinski definition) is 2. The van der Waals surface area contributed by atoms with Crippen molar-refractivity contribution >= 4 is 33.2 Å². The summed E-state index contributed by atoms with van der Waals surface area (Å²) in [6, 6.07) is 16.7. The Balaban J connectivity index is 1.35. The first-order valence-corrected chi connectivity index (χ1v) is 19.1. The van der Waals surface area contributed by atoms with Gasteiger partial charge in [0, 0.05) is 41.1 Å². The number of fused-ring (bicyclic) bond motifs is 4. The molecule has 6 atom stereocenters. The molecule has 2 N–H and O–H groups in total. The number of halogens is 1. The van der Waals surface area contributed by atoms with Gasteiger partial charge in [-0.3, -0.25) is 4.79 Å². The van der Waals surface area contributed by atoms with Crippen molar-refractivity contribution in [2.45, 2.75) is 68.6 Å². The zero-order valence-corrected chi connectivity index (χ0v) is 29.8. The molecule has 0 unspecified atom stereocenters. The molecule has 3 aromatic rings. The fraction of sp³-hybridized carbons (Fsp3) is 0.474. The second-order valence-electron chi connectivity index (χ2n) is 14.4. The van der Waals surface area contributed by atoms with Gasteiger partial charge >= 0.3 is 0 Å². The lowest BCUT2D eigenvalue weighted by atomic mass is 9.63. The summed E-state index contributed by atoms with van der Waals surface area (Å²) in [6.07, 6.45) is 8.58. The third kappa shape index (κ3) is 6.21. The van der Waals surface area contributed by atoms with E-state index < -0.39 is 26.8 Å². The van der Waals surface area contributed by atoms with E-state index in [0.717, 1.165) is 37.8 Å². The number of methoxy groups -OCH3 is 1. The van der Waals surface area contributed by atoms with E-state index >= 15 is 0 Å². The van der Waals surface area contributed by atoms with Crippen LogP contribution in [0.25, 0.3) is 0 Å². The van der Waals surface area contributed by atoms with Crippen LogP contribution in [0.1, 0.15) is 73.1 Å². The van der Waals surface area contributed by atoms with Crippen LogP contribution in [0.3, 0.4) is 0 Å². The highest BCUT2D eigenvalue weighted by molar-refractivity contribution is 7.90. The Kier molecular flexibility index (Phi) is 8.94. The Morgan fingerprint density at radius 1 is 1.12 bits per heavy atom. The Hall–Kier alpha value is -3.60. The number of carbonyl (C=O) groups excluding carboxylic acids is 1. The van der Waals surface area contributed by atoms with Crippen molar-refractivity contribution in [3.8, 4) is 11.6 Å². The Bertz CT molecular complexity index is 1900. The van der Waals surface area contributed by atoms with Crippen molar-refractivity contribution in [3.05, 3.63) is 94.2 Å². The number of nitrogens with zero attached hydrogens (tertiary/aromatic N) is 2. The maximum absolute atomic E-state index is 13.5. The van der Waals surface area contributed by atoms with Gasteiger partial charge in [-0.15, -0.1) is 0 Å². The van der Waals surface area contributed by atoms with Crippen molar-refractivity contribution in [2.24, 2.45) is 17.8 Å². The summed E-state index contributed by atoms with van der Waals surface area (Å²) in [6.45, 7) is 5.12. The van der Waals surface area contributed by atoms with Gasteiger partial charge in [0.25, 0.3) is 5.91 Å². The number of aliphatic hydroxyl groups is 1. The fourth-order valence-corrected chi connectivity index (χ4v) is 9.78. The van der Waals surface area contributed by atoms with Gasteiger partial charge in [-0.05, 0) is 105 Å². The second-order valence-corrected chi connectivity index (χ2v) is 16.9. The lowest BCUT2D eigenvalue weighted by Crippen LogP contribution is -2.51. The van der Waals surface area contributed by atoms with Crippen molar-refractivity contribution < 1.29 is 27.8 Å². The number of sulfonamides is 1. The average molecular weight is 706 g/mol. The van der Waals surface area contributed by atoms with Crippen LogP contribution in [-0.4, -0.2) is 56.5 Å². The Labute approximate surface area is 293 Å². The van der Waals surface area contributed by atoms with Gasteiger partial charge in [-0.2, -0.15) is 0 Å². The zero-order valence-electron chi connectivity index (χ0n) is 28.2. The minimum absolute atomic E-state index is 0.0843. The van der Waals surface area contributed by atoms with E-state index in [0.29, 0.717) is 48.5 Å². The maximum atomic E-state index is 13.5. The molecule has 1 saturated carbocycles. The average Bonchev–Trinajstić information content (AvgIpc) is 3.22. The molecule has 1 amide bonds. The van der Waals surface area contributed by atoms with Gasteiger partial charge in [0.05, 0.1) is 30.3 Å². The number of pyridine rings is 1. The minimum Gasteiger partial charge on any atom is -0.490 e. The number of aromatic nitrogens is 1. The summed E-state index contributed by atoms with van der Waals surface area (Å²) in [5.41, 5.74) is 2.18. The highest BCUT2D eigenvalue weighted by Gasteiger charge is 2.49. The molecule has 2 aliphatic carbocycles. The number of carbonyl (C=O) groups is 1. The first-order chi connectivity index (χ1) is 23.4. The van der Waals surface area contributed by atoms with Crippen LogP contribution >= 0.6 is 11.6 Å². The van der Waals surface area contributed by atoms with Crippen molar-refractivity contribution in [3.63, 3.8) is 0 Å². The molecular formula is C38H44ClN3O6S. The summed E-state index contributed by atoms with van der Waals surface area (Å²) in [4.78, 5) is 20.5. The SMILES string of the molecule is COc1cccc([C@]2(O)/C=C/C[C@H](C)[C@@H](C)S(=O)(=O)NC(=O)c3ccc4c(c3)N(C[C@@H]3CC[C@H]32)C[C@@]2(CCCc3cc(Cl)ccc32)CO4)n1. The van der Waals surface area contributed by atoms with Crippen LogP contribution in [0.5, 0.6) is 11.6 Å². The van der Waals surface area contributed by atoms with Gasteiger partial charge in [0.1, 0.15) is 11.4 Å². The van der Waals surface area contributed by atoms with Crippen LogP contribution in [0.15, 0.2) is 66.7 Å². The zero-order chi connectivity index (χ0) is 34.6. The van der Waals surface area contributed by atoms with Gasteiger partial charge in [-0.1, -0.05) is 42.8 Å². The number of allylic oxidation sites excluding steroid dienone is 1. The molecule has 49 heavy (non-hydrogen) atoms. The van der Waals surface area contributed by atoms with Crippen molar-refractivity contribution in [2.75, 3.05) is 31.7 Å². The molecule has 2 bridgehead atoms. The van der Waals surface area contributed by atoms with E-state index in [1.165, 1.54) is 11.1 Å². The van der Waals surface area contributed by atoms with Crippen LogP contribution in [-0.2, 0) is 27.5 Å². The highest BCUT2D eigenvalue weighted by atomic mass is 35.5. The molecule has 3 heterocycles. The van der Waals surface area contributed by atoms with Crippen LogP contribution < -0.4 is 19.1 Å². The quantitative estimate of drug-likeness (QED) is 0.304. The van der Waals surface area contributed by atoms with E-state index in [-0.39, 0.29) is 28.7 Å². The summed E-state index contributed by atoms with van der Waals surface area (Å²) in [5.74, 6) is -0.0341. The van der Waals surface area contributed by atoms with Crippen LogP contribution in [0.4, 0.5) is 5.69 Å². The number of hydrogen-bond acceptors (Lipinski definition) is 8. The number of nitrogens with one attached hydrogen (secondary N) is 1.